The molecule has 0 aliphatic rings. The minimum absolute atomic E-state index is 0.736. The van der Waals surface area contributed by atoms with E-state index in [2.05, 4.69) is 23.3 Å². The molecule has 1 aromatic heterocycles. The van der Waals surface area contributed by atoms with E-state index in [4.69, 9.17) is 4.52 Å². The summed E-state index contributed by atoms with van der Waals surface area (Å²) in [5, 5.41) is 3.86. The van der Waals surface area contributed by atoms with Crippen LogP contribution in [0.25, 0.3) is 0 Å². The molecule has 0 atom stereocenters. The first-order valence-corrected chi connectivity index (χ1v) is 4.36. The maximum absolute atomic E-state index is 5.05. The quantitative estimate of drug-likeness (QED) is 0.687. The summed E-state index contributed by atoms with van der Waals surface area (Å²) in [4.78, 5) is 4.26. The molecule has 0 amide bonds. The molecule has 0 aromatic carbocycles. The summed E-state index contributed by atoms with van der Waals surface area (Å²) < 4.78 is 5.05. The van der Waals surface area contributed by atoms with E-state index in [0.29, 0.717) is 0 Å². The number of hydrogen-bond acceptors (Lipinski definition) is 3. The largest absolute Gasteiger partial charge is 0.361 e. The van der Waals surface area contributed by atoms with Crippen molar-refractivity contribution in [1.29, 1.82) is 0 Å². The van der Waals surface area contributed by atoms with E-state index >= 15 is 0 Å². The lowest BCUT2D eigenvalue weighted by molar-refractivity contribution is 0.393. The smallest absolute Gasteiger partial charge is 0.143 e. The van der Waals surface area contributed by atoms with Crippen molar-refractivity contribution < 1.29 is 4.52 Å². The molecule has 3 nitrogen and oxygen atoms in total. The predicted octanol–water partition coefficient (Wildman–Crippen LogP) is 2.80. The molecule has 74 valence electrons. The monoisotopic (exact) mass is 190 g/mol. The van der Waals surface area contributed by atoms with Gasteiger partial charge in [0.2, 0.25) is 0 Å². The molecular weight excluding hydrogens is 176 g/mol. The highest BCUT2D eigenvalue weighted by Gasteiger charge is 2.12. The van der Waals surface area contributed by atoms with Crippen molar-refractivity contribution in [2.75, 3.05) is 0 Å². The number of allylic oxidation sites excluding steroid dienone is 2. The van der Waals surface area contributed by atoms with Crippen molar-refractivity contribution >= 4 is 5.71 Å². The molecule has 0 aliphatic heterocycles. The third-order valence-corrected chi connectivity index (χ3v) is 1.79. The van der Waals surface area contributed by atoms with E-state index in [9.17, 15) is 0 Å². The first-order chi connectivity index (χ1) is 6.56. The van der Waals surface area contributed by atoms with Crippen LogP contribution in [0.1, 0.15) is 23.9 Å². The summed E-state index contributed by atoms with van der Waals surface area (Å²) in [6, 6.07) is 0. The molecule has 14 heavy (non-hydrogen) atoms. The summed E-state index contributed by atoms with van der Waals surface area (Å²) in [6.07, 6.45) is 1.68. The Morgan fingerprint density at radius 3 is 2.50 bits per heavy atom. The maximum atomic E-state index is 5.05. The molecule has 0 aliphatic carbocycles. The molecule has 1 rings (SSSR count). The number of hydrogen-bond donors (Lipinski definition) is 0. The molecule has 0 bridgehead atoms. The highest BCUT2D eigenvalue weighted by atomic mass is 16.5. The Labute approximate surface area is 83.8 Å². The number of aromatic nitrogens is 1. The standard InChI is InChI=1S/C11H14N2O/c1-6-10(12-7(2)3)11-8(4)13-14-9(11)5/h6H,1-2H2,3-5H3. The van der Waals surface area contributed by atoms with Crippen molar-refractivity contribution in [3.63, 3.8) is 0 Å². The Morgan fingerprint density at radius 1 is 1.50 bits per heavy atom. The normalized spacial score (nSPS) is 11.5. The van der Waals surface area contributed by atoms with Gasteiger partial charge in [0.15, 0.2) is 0 Å². The van der Waals surface area contributed by atoms with Gasteiger partial charge in [-0.3, -0.25) is 4.99 Å². The van der Waals surface area contributed by atoms with Crippen LogP contribution in [-0.2, 0) is 0 Å². The summed E-state index contributed by atoms with van der Waals surface area (Å²) in [5.41, 5.74) is 3.22. The lowest BCUT2D eigenvalue weighted by atomic mass is 10.1. The Kier molecular flexibility index (Phi) is 3.02. The molecular formula is C11H14N2O. The summed E-state index contributed by atoms with van der Waals surface area (Å²) in [7, 11) is 0. The van der Waals surface area contributed by atoms with Crippen LogP contribution in [0.4, 0.5) is 0 Å². The highest BCUT2D eigenvalue weighted by molar-refractivity contribution is 6.10. The van der Waals surface area contributed by atoms with E-state index in [0.717, 1.165) is 28.4 Å². The van der Waals surface area contributed by atoms with E-state index in [1.165, 1.54) is 0 Å². The van der Waals surface area contributed by atoms with Crippen molar-refractivity contribution in [2.24, 2.45) is 4.99 Å². The fourth-order valence-corrected chi connectivity index (χ4v) is 1.26. The average Bonchev–Trinajstić information content (AvgIpc) is 2.43. The first-order valence-electron chi connectivity index (χ1n) is 4.36. The second-order valence-corrected chi connectivity index (χ2v) is 3.14. The fourth-order valence-electron chi connectivity index (χ4n) is 1.26. The van der Waals surface area contributed by atoms with Crippen molar-refractivity contribution in [1.82, 2.24) is 5.16 Å². The topological polar surface area (TPSA) is 38.4 Å². The number of aliphatic imine (C=N–C) groups is 1. The van der Waals surface area contributed by atoms with Crippen molar-refractivity contribution in [3.8, 4) is 0 Å². The number of aryl methyl sites for hydroxylation is 2. The Balaban J connectivity index is 3.26. The number of nitrogens with zero attached hydrogens (tertiary/aromatic N) is 2. The maximum Gasteiger partial charge on any atom is 0.143 e. The van der Waals surface area contributed by atoms with E-state index in [1.807, 2.05) is 20.8 Å². The van der Waals surface area contributed by atoms with Crippen LogP contribution in [0.3, 0.4) is 0 Å². The van der Waals surface area contributed by atoms with Gasteiger partial charge in [0.1, 0.15) is 5.76 Å². The molecule has 0 fully saturated rings. The molecule has 0 saturated heterocycles. The van der Waals surface area contributed by atoms with Gasteiger partial charge in [-0.25, -0.2) is 0 Å². The van der Waals surface area contributed by atoms with Crippen LogP contribution in [0.2, 0.25) is 0 Å². The van der Waals surface area contributed by atoms with Crippen LogP contribution in [0, 0.1) is 13.8 Å². The minimum Gasteiger partial charge on any atom is -0.361 e. The second-order valence-electron chi connectivity index (χ2n) is 3.14. The number of rotatable bonds is 3. The highest BCUT2D eigenvalue weighted by Crippen LogP contribution is 2.15. The first kappa shape index (κ1) is 10.4. The SMILES string of the molecule is C=CC(=NC(=C)C)c1c(C)noc1C. The molecule has 1 heterocycles. The van der Waals surface area contributed by atoms with Gasteiger partial charge in [-0.2, -0.15) is 0 Å². The summed E-state index contributed by atoms with van der Waals surface area (Å²) >= 11 is 0. The van der Waals surface area contributed by atoms with E-state index in [1.54, 1.807) is 6.08 Å². The predicted molar refractivity (Wildman–Crippen MR) is 57.5 cm³/mol. The van der Waals surface area contributed by atoms with Gasteiger partial charge in [0, 0.05) is 5.70 Å². The fraction of sp³-hybridized carbons (Fsp3) is 0.273. The Bertz CT molecular complexity index is 380. The van der Waals surface area contributed by atoms with Crippen molar-refractivity contribution in [3.05, 3.63) is 41.9 Å². The Morgan fingerprint density at radius 2 is 2.14 bits per heavy atom. The molecule has 3 heteroatoms. The molecule has 0 saturated carbocycles. The summed E-state index contributed by atoms with van der Waals surface area (Å²) in [6.45, 7) is 13.0. The third kappa shape index (κ3) is 1.99. The van der Waals surface area contributed by atoms with Gasteiger partial charge in [-0.1, -0.05) is 18.3 Å². The van der Waals surface area contributed by atoms with Crippen LogP contribution in [0.5, 0.6) is 0 Å². The molecule has 0 spiro atoms. The average molecular weight is 190 g/mol. The van der Waals surface area contributed by atoms with Crippen molar-refractivity contribution in [2.45, 2.75) is 20.8 Å². The Hall–Kier alpha value is -1.64. The second kappa shape index (κ2) is 4.05. The van der Waals surface area contributed by atoms with Gasteiger partial charge in [-0.15, -0.1) is 0 Å². The minimum atomic E-state index is 0.736. The zero-order valence-corrected chi connectivity index (χ0v) is 8.79. The van der Waals surface area contributed by atoms with Crippen LogP contribution >= 0.6 is 0 Å². The van der Waals surface area contributed by atoms with Crippen LogP contribution in [-0.4, -0.2) is 10.9 Å². The molecule has 0 N–H and O–H groups in total. The van der Waals surface area contributed by atoms with Crippen LogP contribution in [0.15, 0.2) is 34.4 Å². The van der Waals surface area contributed by atoms with Gasteiger partial charge >= 0.3 is 0 Å². The zero-order valence-electron chi connectivity index (χ0n) is 8.79. The molecule has 1 aromatic rings. The molecule has 0 radical (unpaired) electrons. The molecule has 0 unspecified atom stereocenters. The zero-order chi connectivity index (χ0) is 10.7. The van der Waals surface area contributed by atoms with Gasteiger partial charge in [-0.05, 0) is 26.8 Å². The lowest BCUT2D eigenvalue weighted by Crippen LogP contribution is -1.99. The third-order valence-electron chi connectivity index (χ3n) is 1.79. The van der Waals surface area contributed by atoms with Crippen LogP contribution < -0.4 is 0 Å². The lowest BCUT2D eigenvalue weighted by Gasteiger charge is -1.99. The van der Waals surface area contributed by atoms with E-state index in [-0.39, 0.29) is 0 Å². The van der Waals surface area contributed by atoms with Gasteiger partial charge < -0.3 is 4.52 Å². The summed E-state index contributed by atoms with van der Waals surface area (Å²) in [5.74, 6) is 0.752. The van der Waals surface area contributed by atoms with Gasteiger partial charge in [0.25, 0.3) is 0 Å². The van der Waals surface area contributed by atoms with Gasteiger partial charge in [0.05, 0.1) is 17.0 Å². The van der Waals surface area contributed by atoms with E-state index < -0.39 is 0 Å².